The van der Waals surface area contributed by atoms with Crippen LogP contribution in [0.3, 0.4) is 0 Å². The molecule has 0 atom stereocenters. The Morgan fingerprint density at radius 2 is 2.19 bits per heavy atom. The van der Waals surface area contributed by atoms with Crippen molar-refractivity contribution in [2.75, 3.05) is 12.3 Å². The Bertz CT molecular complexity index is 637. The number of imide groups is 1. The summed E-state index contributed by atoms with van der Waals surface area (Å²) in [6, 6.07) is 1.20. The van der Waals surface area contributed by atoms with Crippen LogP contribution in [-0.4, -0.2) is 34.4 Å². The third kappa shape index (κ3) is 4.09. The fraction of sp³-hybridized carbons (Fsp3) is 0.333. The number of carbonyl (C=O) groups excluding carboxylic acids is 2. The molecule has 0 aromatic carbocycles. The number of urea groups is 1. The van der Waals surface area contributed by atoms with Crippen LogP contribution in [0, 0.1) is 6.92 Å². The number of hydrogen-bond acceptors (Lipinski definition) is 7. The van der Waals surface area contributed by atoms with Gasteiger partial charge in [-0.05, 0) is 19.9 Å². The van der Waals surface area contributed by atoms with Crippen LogP contribution in [0.4, 0.5) is 4.79 Å². The second-order valence-corrected chi connectivity index (χ2v) is 4.89. The zero-order chi connectivity index (χ0) is 15.2. The summed E-state index contributed by atoms with van der Waals surface area (Å²) in [6.07, 6.45) is 1.53. The molecule has 0 aliphatic rings. The van der Waals surface area contributed by atoms with Crippen molar-refractivity contribution in [2.45, 2.75) is 19.1 Å². The highest BCUT2D eigenvalue weighted by atomic mass is 32.2. The molecule has 0 aliphatic carbocycles. The van der Waals surface area contributed by atoms with Crippen LogP contribution in [0.1, 0.15) is 12.7 Å². The predicted octanol–water partition coefficient (Wildman–Crippen LogP) is 1.58. The van der Waals surface area contributed by atoms with Gasteiger partial charge in [0.05, 0.1) is 17.6 Å². The molecule has 9 heteroatoms. The topological polar surface area (TPSA) is 110 Å². The Morgan fingerprint density at radius 3 is 2.86 bits per heavy atom. The molecule has 2 heterocycles. The van der Waals surface area contributed by atoms with Gasteiger partial charge in [-0.3, -0.25) is 10.1 Å². The molecule has 0 saturated heterocycles. The molecule has 0 saturated carbocycles. The van der Waals surface area contributed by atoms with Crippen molar-refractivity contribution in [3.8, 4) is 11.5 Å². The summed E-state index contributed by atoms with van der Waals surface area (Å²) in [5.41, 5.74) is 0.709. The van der Waals surface area contributed by atoms with Crippen molar-refractivity contribution in [3.05, 3.63) is 18.1 Å². The fourth-order valence-corrected chi connectivity index (χ4v) is 2.04. The molecule has 2 aromatic heterocycles. The van der Waals surface area contributed by atoms with E-state index in [0.717, 1.165) is 11.8 Å². The number of aromatic nitrogens is 2. The van der Waals surface area contributed by atoms with Crippen molar-refractivity contribution >= 4 is 23.7 Å². The summed E-state index contributed by atoms with van der Waals surface area (Å²) >= 11 is 1.05. The lowest BCUT2D eigenvalue weighted by Crippen LogP contribution is -2.40. The number of rotatable bonds is 5. The number of thioether (sulfide) groups is 1. The van der Waals surface area contributed by atoms with Crippen molar-refractivity contribution < 1.29 is 18.4 Å². The van der Waals surface area contributed by atoms with Gasteiger partial charge in [-0.25, -0.2) is 4.79 Å². The first-order chi connectivity index (χ1) is 10.1. The molecule has 0 spiro atoms. The maximum atomic E-state index is 11.5. The first-order valence-corrected chi connectivity index (χ1v) is 7.17. The van der Waals surface area contributed by atoms with E-state index >= 15 is 0 Å². The second kappa shape index (κ2) is 6.93. The Labute approximate surface area is 124 Å². The average Bonchev–Trinajstić information content (AvgIpc) is 3.05. The van der Waals surface area contributed by atoms with E-state index in [0.29, 0.717) is 23.8 Å². The largest absolute Gasteiger partial charge is 0.469 e. The smallest absolute Gasteiger partial charge is 0.321 e. The monoisotopic (exact) mass is 310 g/mol. The molecule has 0 unspecified atom stereocenters. The highest BCUT2D eigenvalue weighted by Gasteiger charge is 2.15. The number of carbonyl (C=O) groups is 2. The normalized spacial score (nSPS) is 10.4. The molecular formula is C12H14N4O4S. The minimum atomic E-state index is -0.525. The zero-order valence-corrected chi connectivity index (χ0v) is 12.3. The summed E-state index contributed by atoms with van der Waals surface area (Å²) < 4.78 is 10.6. The summed E-state index contributed by atoms with van der Waals surface area (Å²) in [5, 5.41) is 12.6. The van der Waals surface area contributed by atoms with Crippen LogP contribution in [0.25, 0.3) is 11.5 Å². The van der Waals surface area contributed by atoms with Gasteiger partial charge in [0, 0.05) is 6.54 Å². The van der Waals surface area contributed by atoms with Gasteiger partial charge in [-0.15, -0.1) is 10.2 Å². The van der Waals surface area contributed by atoms with Gasteiger partial charge in [0.2, 0.25) is 5.91 Å². The van der Waals surface area contributed by atoms with E-state index in [1.54, 1.807) is 19.9 Å². The Morgan fingerprint density at radius 1 is 1.38 bits per heavy atom. The minimum absolute atomic E-state index is 0.00311. The second-order valence-electron chi connectivity index (χ2n) is 3.96. The number of furan rings is 1. The lowest BCUT2D eigenvalue weighted by Gasteiger charge is -2.02. The van der Waals surface area contributed by atoms with E-state index in [1.165, 1.54) is 6.26 Å². The van der Waals surface area contributed by atoms with Gasteiger partial charge in [-0.2, -0.15) is 0 Å². The summed E-state index contributed by atoms with van der Waals surface area (Å²) in [4.78, 5) is 22.6. The number of aryl methyl sites for hydroxylation is 1. The maximum absolute atomic E-state index is 11.5. The SMILES string of the molecule is CCNC(=O)NC(=O)CSc1nnc(-c2ccoc2C)o1. The molecule has 2 N–H and O–H groups in total. The summed E-state index contributed by atoms with van der Waals surface area (Å²) in [5.74, 6) is 0.561. The van der Waals surface area contributed by atoms with E-state index in [9.17, 15) is 9.59 Å². The van der Waals surface area contributed by atoms with Crippen molar-refractivity contribution in [1.82, 2.24) is 20.8 Å². The molecular weight excluding hydrogens is 296 g/mol. The van der Waals surface area contributed by atoms with Crippen LogP contribution >= 0.6 is 11.8 Å². The van der Waals surface area contributed by atoms with E-state index in [1.807, 2.05) is 0 Å². The van der Waals surface area contributed by atoms with Gasteiger partial charge in [0.25, 0.3) is 11.1 Å². The Hall–Kier alpha value is -2.29. The highest BCUT2D eigenvalue weighted by Crippen LogP contribution is 2.25. The average molecular weight is 310 g/mol. The molecule has 8 nitrogen and oxygen atoms in total. The van der Waals surface area contributed by atoms with E-state index in [-0.39, 0.29) is 11.0 Å². The number of hydrogen-bond donors (Lipinski definition) is 2. The van der Waals surface area contributed by atoms with Gasteiger partial charge in [-0.1, -0.05) is 11.8 Å². The van der Waals surface area contributed by atoms with Crippen molar-refractivity contribution in [2.24, 2.45) is 0 Å². The number of amides is 3. The molecule has 2 aromatic rings. The van der Waals surface area contributed by atoms with Crippen LogP contribution in [0.15, 0.2) is 26.4 Å². The minimum Gasteiger partial charge on any atom is -0.469 e. The summed E-state index contributed by atoms with van der Waals surface area (Å²) in [7, 11) is 0. The first-order valence-electron chi connectivity index (χ1n) is 6.18. The third-order valence-electron chi connectivity index (χ3n) is 2.41. The highest BCUT2D eigenvalue weighted by molar-refractivity contribution is 7.99. The molecule has 0 bridgehead atoms. The molecule has 0 aliphatic heterocycles. The third-order valence-corrected chi connectivity index (χ3v) is 3.23. The zero-order valence-electron chi connectivity index (χ0n) is 11.5. The van der Waals surface area contributed by atoms with Gasteiger partial charge in [0.15, 0.2) is 0 Å². The standard InChI is InChI=1S/C12H14N4O4S/c1-3-13-11(18)14-9(17)6-21-12-16-15-10(20-12)8-4-5-19-7(8)2/h4-5H,3,6H2,1-2H3,(H2,13,14,17,18). The first kappa shape index (κ1) is 15.1. The number of nitrogens with one attached hydrogen (secondary N) is 2. The Balaban J connectivity index is 1.87. The van der Waals surface area contributed by atoms with Gasteiger partial charge in [0.1, 0.15) is 5.76 Å². The quantitative estimate of drug-likeness (QED) is 0.806. The molecule has 21 heavy (non-hydrogen) atoms. The predicted molar refractivity (Wildman–Crippen MR) is 74.7 cm³/mol. The molecule has 3 amide bonds. The van der Waals surface area contributed by atoms with Crippen LogP contribution in [0.5, 0.6) is 0 Å². The van der Waals surface area contributed by atoms with Crippen LogP contribution in [-0.2, 0) is 4.79 Å². The lowest BCUT2D eigenvalue weighted by molar-refractivity contribution is -0.117. The van der Waals surface area contributed by atoms with Gasteiger partial charge < -0.3 is 14.2 Å². The van der Waals surface area contributed by atoms with E-state index in [2.05, 4.69) is 20.8 Å². The van der Waals surface area contributed by atoms with E-state index in [4.69, 9.17) is 8.83 Å². The molecule has 112 valence electrons. The number of nitrogens with zero attached hydrogens (tertiary/aromatic N) is 2. The summed E-state index contributed by atoms with van der Waals surface area (Å²) in [6.45, 7) is 3.99. The van der Waals surface area contributed by atoms with Gasteiger partial charge >= 0.3 is 6.03 Å². The Kier molecular flexibility index (Phi) is 4.99. The maximum Gasteiger partial charge on any atom is 0.321 e. The van der Waals surface area contributed by atoms with Crippen molar-refractivity contribution in [3.63, 3.8) is 0 Å². The molecule has 0 fully saturated rings. The molecule has 2 rings (SSSR count). The molecule has 0 radical (unpaired) electrons. The van der Waals surface area contributed by atoms with E-state index < -0.39 is 11.9 Å². The van der Waals surface area contributed by atoms with Crippen molar-refractivity contribution in [1.29, 1.82) is 0 Å². The fourth-order valence-electron chi connectivity index (χ4n) is 1.48. The lowest BCUT2D eigenvalue weighted by atomic mass is 10.3. The van der Waals surface area contributed by atoms with Crippen LogP contribution in [0.2, 0.25) is 0 Å². The van der Waals surface area contributed by atoms with Crippen LogP contribution < -0.4 is 10.6 Å².